The molecule has 1 aromatic carbocycles. The van der Waals surface area contributed by atoms with Crippen molar-refractivity contribution in [1.29, 1.82) is 0 Å². The second-order valence-corrected chi connectivity index (χ2v) is 10.4. The van der Waals surface area contributed by atoms with Crippen molar-refractivity contribution in [2.24, 2.45) is 0 Å². The van der Waals surface area contributed by atoms with Gasteiger partial charge in [0, 0.05) is 51.1 Å². The number of nitrogens with zero attached hydrogens (tertiary/aromatic N) is 4. The molecule has 0 bridgehead atoms. The summed E-state index contributed by atoms with van der Waals surface area (Å²) in [6.07, 6.45) is 2.02. The molecule has 2 aliphatic rings. The van der Waals surface area contributed by atoms with E-state index in [2.05, 4.69) is 14.8 Å². The van der Waals surface area contributed by atoms with Crippen LogP contribution in [-0.4, -0.2) is 119 Å². The highest BCUT2D eigenvalue weighted by molar-refractivity contribution is 5.88. The van der Waals surface area contributed by atoms with Gasteiger partial charge in [-0.1, -0.05) is 0 Å². The molecule has 242 valence electrons. The third-order valence-corrected chi connectivity index (χ3v) is 7.03. The fraction of sp³-hybridized carbons (Fsp3) is 0.552. The molecule has 0 amide bonds. The van der Waals surface area contributed by atoms with Gasteiger partial charge < -0.3 is 44.3 Å². The molecule has 4 rings (SSSR count). The molecule has 0 aliphatic carbocycles. The summed E-state index contributed by atoms with van der Waals surface area (Å²) in [7, 11) is 3.39. The summed E-state index contributed by atoms with van der Waals surface area (Å²) in [5.74, 6) is -2.56. The molecule has 1 unspecified atom stereocenters. The van der Waals surface area contributed by atoms with Gasteiger partial charge in [-0.15, -0.1) is 0 Å². The molecule has 15 nitrogen and oxygen atoms in total. The molecule has 4 N–H and O–H groups in total. The Bertz CT molecular complexity index is 1230. The number of carboxylic acid groups (broad SMARTS) is 3. The van der Waals surface area contributed by atoms with Crippen molar-refractivity contribution in [3.8, 4) is 11.5 Å². The second-order valence-electron chi connectivity index (χ2n) is 10.4. The number of carboxylic acids is 3. The minimum Gasteiger partial charge on any atom is -0.497 e. The average molecular weight is 621 g/mol. The molecular formula is C29H40N4O11. The van der Waals surface area contributed by atoms with Crippen LogP contribution >= 0.6 is 0 Å². The van der Waals surface area contributed by atoms with Gasteiger partial charge in [0.05, 0.1) is 52.1 Å². The van der Waals surface area contributed by atoms with Gasteiger partial charge in [-0.3, -0.25) is 14.5 Å². The summed E-state index contributed by atoms with van der Waals surface area (Å²) < 4.78 is 22.4. The van der Waals surface area contributed by atoms with Crippen LogP contribution in [0, 0.1) is 0 Å². The number of rotatable bonds is 14. The molecule has 3 heterocycles. The number of ether oxygens (including phenoxy) is 4. The van der Waals surface area contributed by atoms with Gasteiger partial charge in [-0.05, 0) is 37.1 Å². The van der Waals surface area contributed by atoms with Crippen molar-refractivity contribution in [1.82, 2.24) is 14.9 Å². The Morgan fingerprint density at radius 2 is 1.73 bits per heavy atom. The number of methoxy groups -OCH3 is 2. The van der Waals surface area contributed by atoms with Gasteiger partial charge in [0.25, 0.3) is 0 Å². The number of aliphatic carboxylic acids is 3. The minimum absolute atomic E-state index is 0.247. The molecule has 0 spiro atoms. The minimum atomic E-state index is -2.74. The van der Waals surface area contributed by atoms with Crippen LogP contribution in [0.3, 0.4) is 0 Å². The maximum atomic E-state index is 10.3. The van der Waals surface area contributed by atoms with Crippen molar-refractivity contribution in [3.63, 3.8) is 0 Å². The van der Waals surface area contributed by atoms with Crippen molar-refractivity contribution in [3.05, 3.63) is 41.7 Å². The lowest BCUT2D eigenvalue weighted by atomic mass is 9.96. The predicted molar refractivity (Wildman–Crippen MR) is 155 cm³/mol. The van der Waals surface area contributed by atoms with E-state index in [0.29, 0.717) is 19.8 Å². The van der Waals surface area contributed by atoms with E-state index in [1.165, 1.54) is 0 Å². The number of hydrogen-bond donors (Lipinski definition) is 4. The number of aliphatic hydroxyl groups is 1. The first-order valence-corrected chi connectivity index (χ1v) is 14.1. The Labute approximate surface area is 254 Å². The lowest BCUT2D eigenvalue weighted by Gasteiger charge is -2.28. The van der Waals surface area contributed by atoms with Crippen molar-refractivity contribution >= 4 is 23.9 Å². The largest absolute Gasteiger partial charge is 0.497 e. The van der Waals surface area contributed by atoms with Crippen LogP contribution in [0.2, 0.25) is 0 Å². The van der Waals surface area contributed by atoms with Gasteiger partial charge in [-0.25, -0.2) is 14.8 Å². The van der Waals surface area contributed by atoms with E-state index in [1.54, 1.807) is 14.2 Å². The maximum absolute atomic E-state index is 10.3. The normalized spacial score (nSPS) is 16.6. The summed E-state index contributed by atoms with van der Waals surface area (Å²) in [6.45, 7) is 6.20. The van der Waals surface area contributed by atoms with Crippen LogP contribution < -0.4 is 14.4 Å². The van der Waals surface area contributed by atoms with Gasteiger partial charge >= 0.3 is 17.9 Å². The zero-order valence-electron chi connectivity index (χ0n) is 24.9. The molecular weight excluding hydrogens is 580 g/mol. The van der Waals surface area contributed by atoms with Gasteiger partial charge in [0.1, 0.15) is 11.5 Å². The van der Waals surface area contributed by atoms with E-state index in [4.69, 9.17) is 44.4 Å². The van der Waals surface area contributed by atoms with Crippen LogP contribution in [0.1, 0.15) is 36.9 Å². The Kier molecular flexibility index (Phi) is 13.1. The first-order valence-electron chi connectivity index (χ1n) is 14.1. The van der Waals surface area contributed by atoms with Crippen LogP contribution in [0.15, 0.2) is 30.5 Å². The number of benzene rings is 1. The average Bonchev–Trinajstić information content (AvgIpc) is 3.50. The highest BCUT2D eigenvalue weighted by Gasteiger charge is 2.40. The number of morpholine rings is 1. The van der Waals surface area contributed by atoms with E-state index in [0.717, 1.165) is 74.3 Å². The summed E-state index contributed by atoms with van der Waals surface area (Å²) >= 11 is 0. The Morgan fingerprint density at radius 3 is 2.30 bits per heavy atom. The Balaban J connectivity index is 0.000000345. The Morgan fingerprint density at radius 1 is 1.02 bits per heavy atom. The molecule has 15 heteroatoms. The molecule has 1 atom stereocenters. The third-order valence-electron chi connectivity index (χ3n) is 7.03. The number of carbonyl (C=O) groups is 3. The molecule has 0 saturated carbocycles. The highest BCUT2D eigenvalue weighted by Crippen LogP contribution is 2.27. The summed E-state index contributed by atoms with van der Waals surface area (Å²) in [6, 6.07) is 7.92. The van der Waals surface area contributed by atoms with Crippen molar-refractivity contribution in [2.45, 2.75) is 50.5 Å². The molecule has 2 aliphatic heterocycles. The lowest BCUT2D eigenvalue weighted by molar-refractivity contribution is -0.170. The number of anilines is 1. The molecule has 2 fully saturated rings. The van der Waals surface area contributed by atoms with E-state index < -0.39 is 36.4 Å². The monoisotopic (exact) mass is 620 g/mol. The molecule has 2 aromatic rings. The van der Waals surface area contributed by atoms with E-state index in [9.17, 15) is 14.4 Å². The molecule has 1 aromatic heterocycles. The topological polar surface area (TPSA) is 201 Å². The van der Waals surface area contributed by atoms with Crippen molar-refractivity contribution in [2.75, 3.05) is 58.6 Å². The molecule has 2 saturated heterocycles. The van der Waals surface area contributed by atoms with Gasteiger partial charge in [-0.2, -0.15) is 0 Å². The fourth-order valence-corrected chi connectivity index (χ4v) is 4.84. The quantitative estimate of drug-likeness (QED) is 0.235. The van der Waals surface area contributed by atoms with E-state index in [-0.39, 0.29) is 6.10 Å². The van der Waals surface area contributed by atoms with E-state index in [1.807, 2.05) is 30.5 Å². The maximum Gasteiger partial charge on any atom is 0.336 e. The summed E-state index contributed by atoms with van der Waals surface area (Å²) in [4.78, 5) is 44.4. The highest BCUT2D eigenvalue weighted by atomic mass is 16.5. The second kappa shape index (κ2) is 16.7. The predicted octanol–water partition coefficient (Wildman–Crippen LogP) is 1.26. The third kappa shape index (κ3) is 10.6. The van der Waals surface area contributed by atoms with Crippen LogP contribution in [0.5, 0.6) is 11.5 Å². The van der Waals surface area contributed by atoms with Crippen molar-refractivity contribution < 1.29 is 53.8 Å². The summed E-state index contributed by atoms with van der Waals surface area (Å²) in [5, 5.41) is 33.8. The fourth-order valence-electron chi connectivity index (χ4n) is 4.84. The zero-order chi connectivity index (χ0) is 32.1. The number of aromatic nitrogens is 2. The number of hydrogen-bond acceptors (Lipinski definition) is 12. The Hall–Kier alpha value is -4.05. The first kappa shape index (κ1) is 34.4. The summed E-state index contributed by atoms with van der Waals surface area (Å²) in [5.41, 5.74) is -0.656. The van der Waals surface area contributed by atoms with Gasteiger partial charge in [0.15, 0.2) is 5.60 Å². The molecule has 44 heavy (non-hydrogen) atoms. The zero-order valence-corrected chi connectivity index (χ0v) is 24.9. The van der Waals surface area contributed by atoms with Crippen LogP contribution in [0.25, 0.3) is 0 Å². The lowest BCUT2D eigenvalue weighted by Crippen LogP contribution is -2.42. The SMILES string of the molecule is COc1ccc(OC)c(CN(Cc2ccnc(N3CCOCC3)n2)CC2CCCO2)c1.O=C(O)CC(O)(CC(=O)O)C(=O)O. The standard InChI is InChI=1S/C23H32N4O4.C6H8O7/c1-28-20-5-6-22(29-2)18(14-20)15-26(17-21-4-3-11-31-21)16-19-7-8-24-23(25-19)27-9-12-30-13-10-27;7-3(8)1-6(13,5(11)12)2-4(9)10/h5-8,14,21H,3-4,9-13,15-17H2,1-2H3;13H,1-2H2,(H,7,8)(H,9,10)(H,11,12). The smallest absolute Gasteiger partial charge is 0.336 e. The first-order chi connectivity index (χ1) is 21.0. The van der Waals surface area contributed by atoms with E-state index >= 15 is 0 Å². The van der Waals surface area contributed by atoms with Crippen LogP contribution in [0.4, 0.5) is 5.95 Å². The van der Waals surface area contributed by atoms with Gasteiger partial charge in [0.2, 0.25) is 5.95 Å². The van der Waals surface area contributed by atoms with Crippen LogP contribution in [-0.2, 0) is 36.9 Å². The molecule has 0 radical (unpaired) electrons.